The van der Waals surface area contributed by atoms with E-state index in [9.17, 15) is 13.3 Å². The third kappa shape index (κ3) is 5.11. The number of pyridine rings is 1. The molecule has 3 fully saturated rings. The minimum absolute atomic E-state index is 0.0363. The van der Waals surface area contributed by atoms with E-state index < -0.39 is 84.8 Å². The lowest BCUT2D eigenvalue weighted by Crippen LogP contribution is -2.37. The summed E-state index contributed by atoms with van der Waals surface area (Å²) in [5.74, 6) is -0.714. The van der Waals surface area contributed by atoms with E-state index in [1.54, 1.807) is 0 Å². The second-order valence-electron chi connectivity index (χ2n) is 10.3. The standard InChI is InChI=1S/C22H24F2N9O8PS2/c23-12-10-2-4-44(35,36)41-16-11(39-21(13(16)24)32-8-31-15-18(26)28-6-29-20(15)32)5-37-42(34,43)40-17(12)22(38-10)33-7-30-14-9(25)1-3-27-19(14)33/h1,3,6-8,10-13,16-17,21-22H,2,4-5H2,(H2,25,27)(H,34,43)(H2,26,28,29). The molecule has 17 nitrogen and oxygen atoms in total. The summed E-state index contributed by atoms with van der Waals surface area (Å²) in [5, 5.41) is 0. The van der Waals surface area contributed by atoms with Crippen LogP contribution in [0, 0.1) is 0 Å². The first kappa shape index (κ1) is 29.7. The van der Waals surface area contributed by atoms with E-state index in [0.717, 1.165) is 6.33 Å². The zero-order valence-corrected chi connectivity index (χ0v) is 24.8. The van der Waals surface area contributed by atoms with Crippen LogP contribution < -0.4 is 11.5 Å². The zero-order valence-electron chi connectivity index (χ0n) is 22.2. The van der Waals surface area contributed by atoms with E-state index >= 15 is 8.78 Å². The lowest BCUT2D eigenvalue weighted by Gasteiger charge is -2.26. The summed E-state index contributed by atoms with van der Waals surface area (Å²) in [7, 11) is -4.50. The number of nitrogens with two attached hydrogens (primary N) is 2. The van der Waals surface area contributed by atoms with Crippen molar-refractivity contribution in [1.82, 2.24) is 34.1 Å². The topological polar surface area (TPSA) is 227 Å². The molecular weight excluding hydrogens is 651 g/mol. The smallest absolute Gasteiger partial charge is 0.325 e. The largest absolute Gasteiger partial charge is 0.397 e. The fraction of sp³-hybridized carbons (Fsp3) is 0.500. The number of rotatable bonds is 2. The van der Waals surface area contributed by atoms with Gasteiger partial charge in [0.15, 0.2) is 41.9 Å². The maximum absolute atomic E-state index is 15.9. The monoisotopic (exact) mass is 675 g/mol. The van der Waals surface area contributed by atoms with Crippen LogP contribution in [-0.2, 0) is 44.6 Å². The van der Waals surface area contributed by atoms with Gasteiger partial charge in [-0.15, -0.1) is 0 Å². The lowest BCUT2D eigenvalue weighted by atomic mass is 10.1. The third-order valence-corrected chi connectivity index (χ3v) is 10.3. The van der Waals surface area contributed by atoms with Gasteiger partial charge in [-0.1, -0.05) is 0 Å². The molecule has 2 bridgehead atoms. The number of aromatic nitrogens is 7. The first-order chi connectivity index (χ1) is 20.9. The Bertz CT molecular complexity index is 1900. The molecule has 7 heterocycles. The lowest BCUT2D eigenvalue weighted by molar-refractivity contribution is -0.0502. The van der Waals surface area contributed by atoms with Crippen molar-refractivity contribution >= 4 is 62.5 Å². The fourth-order valence-corrected chi connectivity index (χ4v) is 8.05. The van der Waals surface area contributed by atoms with Gasteiger partial charge in [0.25, 0.3) is 10.1 Å². The summed E-state index contributed by atoms with van der Waals surface area (Å²) in [5.41, 5.74) is 12.9. The Morgan fingerprint density at radius 2 is 1.66 bits per heavy atom. The van der Waals surface area contributed by atoms with Crippen molar-refractivity contribution in [2.24, 2.45) is 0 Å². The van der Waals surface area contributed by atoms with Crippen molar-refractivity contribution in [2.45, 2.75) is 55.6 Å². The SMILES string of the molecule is Nc1ncnc2c1ncn2C1OC2COP(O)(=S)OC3C(F)C(CCS(=O)(=O)OC2C1F)OC3n1cnc2c(N)ccnc21. The number of nitrogens with zero attached hydrogens (tertiary/aromatic N) is 7. The second kappa shape index (κ2) is 10.8. The maximum Gasteiger partial charge on any atom is 0.325 e. The molecule has 3 aliphatic heterocycles. The van der Waals surface area contributed by atoms with E-state index in [1.165, 1.54) is 34.1 Å². The summed E-state index contributed by atoms with van der Waals surface area (Å²) in [6, 6.07) is 1.53. The molecule has 0 radical (unpaired) electrons. The molecule has 3 aliphatic rings. The van der Waals surface area contributed by atoms with Crippen LogP contribution in [0.25, 0.3) is 22.3 Å². The fourth-order valence-electron chi connectivity index (χ4n) is 5.45. The van der Waals surface area contributed by atoms with Crippen molar-refractivity contribution in [3.05, 3.63) is 31.2 Å². The maximum atomic E-state index is 15.9. The summed E-state index contributed by atoms with van der Waals surface area (Å²) >= 11 is 5.18. The highest BCUT2D eigenvalue weighted by Gasteiger charge is 2.53. The number of hydrogen-bond acceptors (Lipinski definition) is 15. The number of halogens is 2. The molecule has 4 aromatic rings. The van der Waals surface area contributed by atoms with Gasteiger partial charge in [0.05, 0.1) is 36.8 Å². The Labute approximate surface area is 251 Å². The Kier molecular flexibility index (Phi) is 7.29. The predicted molar refractivity (Wildman–Crippen MR) is 150 cm³/mol. The zero-order chi connectivity index (χ0) is 31.0. The summed E-state index contributed by atoms with van der Waals surface area (Å²) in [6.45, 7) is -4.98. The van der Waals surface area contributed by atoms with Gasteiger partial charge in [-0.25, -0.2) is 33.7 Å². The summed E-state index contributed by atoms with van der Waals surface area (Å²) in [6.07, 6.45) is -8.33. The van der Waals surface area contributed by atoms with Gasteiger partial charge in [0.2, 0.25) is 0 Å². The number of anilines is 2. The van der Waals surface area contributed by atoms with E-state index in [4.69, 9.17) is 46.0 Å². The van der Waals surface area contributed by atoms with Gasteiger partial charge in [0, 0.05) is 6.20 Å². The average Bonchev–Trinajstić information content (AvgIpc) is 3.73. The molecule has 0 spiro atoms. The first-order valence-corrected chi connectivity index (χ1v) is 17.2. The molecular formula is C22H24F2N9O8PS2. The Hall–Kier alpha value is -3.01. The number of ether oxygens (including phenoxy) is 2. The minimum atomic E-state index is -4.50. The van der Waals surface area contributed by atoms with Crippen molar-refractivity contribution in [1.29, 1.82) is 0 Å². The molecule has 0 amide bonds. The van der Waals surface area contributed by atoms with Crippen LogP contribution in [0.15, 0.2) is 31.2 Å². The van der Waals surface area contributed by atoms with Crippen LogP contribution in [0.4, 0.5) is 20.3 Å². The number of hydrogen-bond donors (Lipinski definition) is 3. The molecule has 9 atom stereocenters. The number of nitrogen functional groups attached to an aromatic ring is 2. The average molecular weight is 676 g/mol. The molecule has 7 rings (SSSR count). The van der Waals surface area contributed by atoms with Gasteiger partial charge >= 0.3 is 6.72 Å². The molecule has 5 N–H and O–H groups in total. The quantitative estimate of drug-likeness (QED) is 0.196. The highest BCUT2D eigenvalue weighted by molar-refractivity contribution is 8.07. The van der Waals surface area contributed by atoms with Gasteiger partial charge in [-0.05, 0) is 24.3 Å². The highest BCUT2D eigenvalue weighted by Crippen LogP contribution is 2.52. The molecule has 0 aromatic carbocycles. The number of alkyl halides is 2. The molecule has 4 aromatic heterocycles. The Balaban J connectivity index is 1.20. The van der Waals surface area contributed by atoms with Gasteiger partial charge in [-0.3, -0.25) is 17.8 Å². The van der Waals surface area contributed by atoms with Crippen molar-refractivity contribution < 1.29 is 44.8 Å². The number of fused-ring (bicyclic) bond motifs is 5. The Morgan fingerprint density at radius 3 is 2.45 bits per heavy atom. The van der Waals surface area contributed by atoms with Crippen LogP contribution in [0.1, 0.15) is 18.9 Å². The molecule has 3 saturated heterocycles. The van der Waals surface area contributed by atoms with Crippen molar-refractivity contribution in [3.63, 3.8) is 0 Å². The van der Waals surface area contributed by atoms with Crippen LogP contribution in [-0.4, -0.2) is 96.5 Å². The summed E-state index contributed by atoms with van der Waals surface area (Å²) in [4.78, 5) is 31.4. The van der Waals surface area contributed by atoms with Crippen molar-refractivity contribution in [3.8, 4) is 0 Å². The van der Waals surface area contributed by atoms with E-state index in [0.29, 0.717) is 11.2 Å². The molecule has 22 heteroatoms. The van der Waals surface area contributed by atoms with Gasteiger partial charge in [0.1, 0.15) is 35.7 Å². The van der Waals surface area contributed by atoms with E-state index in [1.807, 2.05) is 0 Å². The normalized spacial score (nSPS) is 36.1. The van der Waals surface area contributed by atoms with Crippen LogP contribution in [0.3, 0.4) is 0 Å². The highest BCUT2D eigenvalue weighted by atomic mass is 32.5. The third-order valence-electron chi connectivity index (χ3n) is 7.53. The van der Waals surface area contributed by atoms with Gasteiger partial charge in [-0.2, -0.15) is 8.42 Å². The van der Waals surface area contributed by atoms with E-state index in [2.05, 4.69) is 24.9 Å². The molecule has 236 valence electrons. The number of imidazole rings is 2. The minimum Gasteiger partial charge on any atom is -0.397 e. The van der Waals surface area contributed by atoms with Crippen LogP contribution in [0.2, 0.25) is 0 Å². The Morgan fingerprint density at radius 1 is 0.955 bits per heavy atom. The second-order valence-corrected chi connectivity index (χ2v) is 14.8. The summed E-state index contributed by atoms with van der Waals surface area (Å²) < 4.78 is 88.5. The van der Waals surface area contributed by atoms with Crippen LogP contribution >= 0.6 is 6.72 Å². The molecule has 44 heavy (non-hydrogen) atoms. The molecule has 9 unspecified atom stereocenters. The predicted octanol–water partition coefficient (Wildman–Crippen LogP) is 0.644. The molecule has 0 aliphatic carbocycles. The van der Waals surface area contributed by atoms with Gasteiger partial charge < -0.3 is 30.4 Å². The molecule has 0 saturated carbocycles. The van der Waals surface area contributed by atoms with E-state index in [-0.39, 0.29) is 22.6 Å². The van der Waals surface area contributed by atoms with Crippen LogP contribution in [0.5, 0.6) is 0 Å². The first-order valence-electron chi connectivity index (χ1n) is 13.1. The van der Waals surface area contributed by atoms with Crippen molar-refractivity contribution in [2.75, 3.05) is 23.8 Å².